The molecule has 0 fully saturated rings. The average Bonchev–Trinajstić information content (AvgIpc) is 2.76. The summed E-state index contributed by atoms with van der Waals surface area (Å²) in [6.45, 7) is 4.12. The molecule has 0 aliphatic heterocycles. The molecule has 0 aliphatic carbocycles. The third-order valence-corrected chi connectivity index (χ3v) is 4.80. The van der Waals surface area contributed by atoms with Crippen LogP contribution >= 0.6 is 0 Å². The van der Waals surface area contributed by atoms with Gasteiger partial charge in [0, 0.05) is 11.3 Å². The fraction of sp³-hybridized carbons (Fsp3) is 0.304. The van der Waals surface area contributed by atoms with Gasteiger partial charge in [0.1, 0.15) is 18.1 Å². The van der Waals surface area contributed by atoms with E-state index in [1.54, 1.807) is 13.0 Å². The van der Waals surface area contributed by atoms with E-state index < -0.39 is 29.5 Å². The van der Waals surface area contributed by atoms with Crippen molar-refractivity contribution in [3.05, 3.63) is 53.6 Å². The quantitative estimate of drug-likeness (QED) is 0.435. The summed E-state index contributed by atoms with van der Waals surface area (Å²) in [7, 11) is 0. The number of carboxylic acid groups (broad SMARTS) is 1. The molecule has 3 rings (SSSR count). The fourth-order valence-corrected chi connectivity index (χ4v) is 3.09. The van der Waals surface area contributed by atoms with Crippen LogP contribution in [0.15, 0.2) is 36.4 Å². The number of carbonyl (C=O) groups is 1. The molecule has 0 amide bonds. The Morgan fingerprint density at radius 2 is 1.76 bits per heavy atom. The van der Waals surface area contributed by atoms with Gasteiger partial charge in [0.15, 0.2) is 5.60 Å². The number of benzene rings is 1. The van der Waals surface area contributed by atoms with Crippen molar-refractivity contribution in [2.24, 2.45) is 0 Å². The molecule has 0 atom stereocenters. The Bertz CT molecular complexity index is 1190. The van der Waals surface area contributed by atoms with Crippen molar-refractivity contribution in [1.29, 1.82) is 0 Å². The van der Waals surface area contributed by atoms with E-state index in [4.69, 9.17) is 20.3 Å². The van der Waals surface area contributed by atoms with E-state index in [2.05, 4.69) is 15.0 Å². The first-order valence-electron chi connectivity index (χ1n) is 10.2. The van der Waals surface area contributed by atoms with Crippen LogP contribution in [-0.4, -0.2) is 44.8 Å². The Kier molecular flexibility index (Phi) is 7.35. The number of alkyl halides is 2. The lowest BCUT2D eigenvalue weighted by Crippen LogP contribution is -2.36. The highest BCUT2D eigenvalue weighted by Gasteiger charge is 2.28. The smallest absolute Gasteiger partial charge is 0.335 e. The normalized spacial score (nSPS) is 11.6. The summed E-state index contributed by atoms with van der Waals surface area (Å²) in [4.78, 5) is 23.4. The van der Waals surface area contributed by atoms with Gasteiger partial charge in [-0.25, -0.2) is 22.9 Å². The Hall–Kier alpha value is -3.73. The van der Waals surface area contributed by atoms with Gasteiger partial charge in [-0.15, -0.1) is 0 Å². The summed E-state index contributed by atoms with van der Waals surface area (Å²) in [5.74, 6) is -1.81. The minimum absolute atomic E-state index is 0.0330. The molecule has 180 valence electrons. The predicted octanol–water partition coefficient (Wildman–Crippen LogP) is 4.43. The molecule has 34 heavy (non-hydrogen) atoms. The summed E-state index contributed by atoms with van der Waals surface area (Å²) < 4.78 is 51.5. The molecular weight excluding hydrogens is 453 g/mol. The van der Waals surface area contributed by atoms with Gasteiger partial charge < -0.3 is 20.3 Å². The zero-order chi connectivity index (χ0) is 25.0. The lowest BCUT2D eigenvalue weighted by Gasteiger charge is -2.20. The third-order valence-electron chi connectivity index (χ3n) is 4.80. The highest BCUT2D eigenvalue weighted by molar-refractivity contribution is 5.85. The monoisotopic (exact) mass is 476 g/mol. The van der Waals surface area contributed by atoms with Crippen LogP contribution in [0.5, 0.6) is 5.88 Å². The lowest BCUT2D eigenvalue weighted by atomic mass is 9.99. The molecule has 3 N–H and O–H groups in total. The number of aryl methyl sites for hydroxylation is 1. The van der Waals surface area contributed by atoms with Crippen molar-refractivity contribution >= 4 is 11.9 Å². The van der Waals surface area contributed by atoms with E-state index >= 15 is 0 Å². The minimum Gasteiger partial charge on any atom is -0.479 e. The van der Waals surface area contributed by atoms with Gasteiger partial charge in [-0.1, -0.05) is 0 Å². The molecule has 0 bridgehead atoms. The van der Waals surface area contributed by atoms with Crippen molar-refractivity contribution in [2.45, 2.75) is 32.8 Å². The largest absolute Gasteiger partial charge is 0.479 e. The van der Waals surface area contributed by atoms with Gasteiger partial charge in [-0.05, 0) is 62.7 Å². The number of aromatic nitrogens is 3. The summed E-state index contributed by atoms with van der Waals surface area (Å²) in [5, 5.41) is 9.17. The van der Waals surface area contributed by atoms with E-state index in [0.29, 0.717) is 16.8 Å². The second kappa shape index (κ2) is 10.0. The second-order valence-corrected chi connectivity index (χ2v) is 7.85. The number of pyridine rings is 1. The maximum atomic E-state index is 13.5. The Labute approximate surface area is 193 Å². The van der Waals surface area contributed by atoms with Crippen LogP contribution in [0.2, 0.25) is 0 Å². The van der Waals surface area contributed by atoms with Crippen LogP contribution in [-0.2, 0) is 9.53 Å². The topological polar surface area (TPSA) is 120 Å². The first-order chi connectivity index (χ1) is 16.0. The van der Waals surface area contributed by atoms with E-state index in [1.807, 2.05) is 0 Å². The van der Waals surface area contributed by atoms with Crippen molar-refractivity contribution in [1.82, 2.24) is 15.0 Å². The van der Waals surface area contributed by atoms with Gasteiger partial charge in [0.2, 0.25) is 11.8 Å². The summed E-state index contributed by atoms with van der Waals surface area (Å²) in [5.41, 5.74) is 5.54. The van der Waals surface area contributed by atoms with Crippen molar-refractivity contribution < 1.29 is 32.5 Å². The number of nitrogens with two attached hydrogens (primary N) is 1. The molecule has 0 saturated carbocycles. The predicted molar refractivity (Wildman–Crippen MR) is 118 cm³/mol. The lowest BCUT2D eigenvalue weighted by molar-refractivity contribution is -0.161. The van der Waals surface area contributed by atoms with Gasteiger partial charge in [0.05, 0.1) is 17.9 Å². The van der Waals surface area contributed by atoms with Gasteiger partial charge >= 0.3 is 5.97 Å². The summed E-state index contributed by atoms with van der Waals surface area (Å²) >= 11 is 0. The maximum absolute atomic E-state index is 13.5. The molecule has 3 aromatic rings. The molecule has 11 heteroatoms. The number of hydrogen-bond acceptors (Lipinski definition) is 7. The van der Waals surface area contributed by atoms with E-state index in [-0.39, 0.29) is 36.3 Å². The zero-order valence-corrected chi connectivity index (χ0v) is 18.7. The number of ether oxygens (including phenoxy) is 2. The molecule has 0 spiro atoms. The van der Waals surface area contributed by atoms with E-state index in [0.717, 1.165) is 0 Å². The van der Waals surface area contributed by atoms with Gasteiger partial charge in [0.25, 0.3) is 6.43 Å². The summed E-state index contributed by atoms with van der Waals surface area (Å²) in [6.07, 6.45) is -2.82. The van der Waals surface area contributed by atoms with Crippen molar-refractivity contribution in [2.75, 3.05) is 18.9 Å². The fourth-order valence-electron chi connectivity index (χ4n) is 3.09. The maximum Gasteiger partial charge on any atom is 0.335 e. The summed E-state index contributed by atoms with van der Waals surface area (Å²) in [6, 6.07) is 8.13. The minimum atomic E-state index is -2.82. The van der Waals surface area contributed by atoms with Crippen LogP contribution in [0.3, 0.4) is 0 Å². The van der Waals surface area contributed by atoms with Gasteiger partial charge in [-0.3, -0.25) is 4.98 Å². The third kappa shape index (κ3) is 5.79. The van der Waals surface area contributed by atoms with E-state index in [1.165, 1.54) is 44.2 Å². The molecule has 0 aliphatic rings. The van der Waals surface area contributed by atoms with Crippen LogP contribution in [0.1, 0.15) is 31.7 Å². The molecular formula is C23H23F3N4O4. The number of aliphatic carboxylic acids is 1. The van der Waals surface area contributed by atoms with Crippen LogP contribution < -0.4 is 10.5 Å². The number of rotatable bonds is 9. The molecule has 1 aromatic carbocycles. The molecule has 0 saturated heterocycles. The highest BCUT2D eigenvalue weighted by atomic mass is 19.3. The van der Waals surface area contributed by atoms with E-state index in [9.17, 15) is 18.0 Å². The molecule has 2 aromatic heterocycles. The molecule has 8 nitrogen and oxygen atoms in total. The Morgan fingerprint density at radius 1 is 1.09 bits per heavy atom. The highest BCUT2D eigenvalue weighted by Crippen LogP contribution is 2.39. The second-order valence-electron chi connectivity index (χ2n) is 7.85. The van der Waals surface area contributed by atoms with Crippen molar-refractivity contribution in [3.8, 4) is 28.3 Å². The number of anilines is 1. The number of hydrogen-bond donors (Lipinski definition) is 2. The zero-order valence-electron chi connectivity index (χ0n) is 18.7. The van der Waals surface area contributed by atoms with Crippen molar-refractivity contribution in [3.63, 3.8) is 0 Å². The molecule has 0 radical (unpaired) electrons. The first-order valence-corrected chi connectivity index (χ1v) is 10.2. The number of nitrogens with zero attached hydrogens (tertiary/aromatic N) is 3. The van der Waals surface area contributed by atoms with Crippen LogP contribution in [0.4, 0.5) is 19.1 Å². The molecule has 0 unspecified atom stereocenters. The first kappa shape index (κ1) is 24.9. The Morgan fingerprint density at radius 3 is 2.38 bits per heavy atom. The standard InChI is InChI=1S/C23H23F3N4O4/c1-12-10-14(11-16(28-12)19(25)26)17-18(13-4-6-15(24)7-5-13)29-22(27)30-20(17)33-8-9-34-23(2,3)21(31)32/h4-7,10-11,19H,8-9H2,1-3H3,(H,31,32)(H2,27,29,30). The average molecular weight is 476 g/mol. The SMILES string of the molecule is Cc1cc(-c2c(OCCOC(C)(C)C(=O)O)nc(N)nc2-c2ccc(F)cc2)cc(C(F)F)n1. The van der Waals surface area contributed by atoms with Gasteiger partial charge in [-0.2, -0.15) is 4.98 Å². The Balaban J connectivity index is 2.08. The number of halogens is 3. The van der Waals surface area contributed by atoms with Crippen LogP contribution in [0, 0.1) is 12.7 Å². The number of nitrogen functional groups attached to an aromatic ring is 1. The van der Waals surface area contributed by atoms with Crippen LogP contribution in [0.25, 0.3) is 22.4 Å². The molecule has 2 heterocycles. The number of carboxylic acids is 1.